The molecular formula is C30H33N9O. The number of nitrogens with one attached hydrogen (secondary N) is 4. The number of piperazine rings is 1. The first-order valence-electron chi connectivity index (χ1n) is 14.1. The normalized spacial score (nSPS) is 18.8. The van der Waals surface area contributed by atoms with Crippen LogP contribution in [0.1, 0.15) is 36.4 Å². The third-order valence-electron chi connectivity index (χ3n) is 7.57. The van der Waals surface area contributed by atoms with E-state index in [4.69, 9.17) is 14.8 Å². The SMILES string of the molecule is c1ccc(C2=NOC(CNc3nc(Nc4cc(C5CC5)[nH]n4)cc(-c4ccc(N5CCNCC5)cc4)n3)C2)cc1. The lowest BCUT2D eigenvalue weighted by molar-refractivity contribution is 0.0948. The van der Waals surface area contributed by atoms with Crippen molar-refractivity contribution in [1.29, 1.82) is 0 Å². The van der Waals surface area contributed by atoms with Gasteiger partial charge in [0.25, 0.3) is 0 Å². The molecule has 4 N–H and O–H groups in total. The summed E-state index contributed by atoms with van der Waals surface area (Å²) in [7, 11) is 0. The van der Waals surface area contributed by atoms with E-state index < -0.39 is 0 Å². The van der Waals surface area contributed by atoms with Crippen molar-refractivity contribution >= 4 is 29.0 Å². The van der Waals surface area contributed by atoms with Crippen LogP contribution in [0.15, 0.2) is 71.9 Å². The van der Waals surface area contributed by atoms with E-state index in [1.54, 1.807) is 0 Å². The van der Waals surface area contributed by atoms with Crippen molar-refractivity contribution in [2.45, 2.75) is 31.3 Å². The van der Waals surface area contributed by atoms with Crippen LogP contribution in [0.5, 0.6) is 0 Å². The molecular weight excluding hydrogens is 502 g/mol. The molecule has 4 aromatic rings. The highest BCUT2D eigenvalue weighted by atomic mass is 16.6. The molecule has 4 heterocycles. The van der Waals surface area contributed by atoms with Crippen molar-refractivity contribution in [2.24, 2.45) is 5.16 Å². The maximum absolute atomic E-state index is 5.72. The van der Waals surface area contributed by atoms with Gasteiger partial charge in [-0.15, -0.1) is 0 Å². The quantitative estimate of drug-likeness (QED) is 0.248. The van der Waals surface area contributed by atoms with Gasteiger partial charge in [0.15, 0.2) is 5.82 Å². The fraction of sp³-hybridized carbons (Fsp3) is 0.333. The van der Waals surface area contributed by atoms with Gasteiger partial charge in [0.05, 0.1) is 18.0 Å². The van der Waals surface area contributed by atoms with Crippen LogP contribution < -0.4 is 20.9 Å². The third-order valence-corrected chi connectivity index (χ3v) is 7.57. The molecule has 2 fully saturated rings. The van der Waals surface area contributed by atoms with Crippen molar-refractivity contribution in [1.82, 2.24) is 25.5 Å². The molecule has 0 radical (unpaired) electrons. The largest absolute Gasteiger partial charge is 0.390 e. The van der Waals surface area contributed by atoms with Crippen molar-refractivity contribution < 1.29 is 4.84 Å². The zero-order valence-electron chi connectivity index (χ0n) is 22.3. The Morgan fingerprint density at radius 2 is 1.73 bits per heavy atom. The van der Waals surface area contributed by atoms with Crippen LogP contribution >= 0.6 is 0 Å². The standard InChI is InChI=1S/C30H33N9O/c1-2-4-20(5-3-1)27-16-24(40-38-27)19-32-30-33-25(21-8-10-23(11-9-21)39-14-12-31-13-15-39)17-28(35-30)34-29-18-26(36-37-29)22-6-7-22/h1-5,8-11,17-18,22,24,31H,6-7,12-16,19H2,(H3,32,33,34,35,36,37). The van der Waals surface area contributed by atoms with E-state index in [9.17, 15) is 0 Å². The minimum absolute atomic E-state index is 0.0929. The summed E-state index contributed by atoms with van der Waals surface area (Å²) >= 11 is 0. The molecule has 1 saturated carbocycles. The molecule has 1 saturated heterocycles. The predicted molar refractivity (Wildman–Crippen MR) is 157 cm³/mol. The molecule has 40 heavy (non-hydrogen) atoms. The van der Waals surface area contributed by atoms with Gasteiger partial charge in [0, 0.05) is 67.6 Å². The molecule has 0 amide bonds. The summed E-state index contributed by atoms with van der Waals surface area (Å²) in [4.78, 5) is 17.7. The predicted octanol–water partition coefficient (Wildman–Crippen LogP) is 4.50. The van der Waals surface area contributed by atoms with E-state index in [0.717, 1.165) is 61.0 Å². The Kier molecular flexibility index (Phi) is 6.75. The van der Waals surface area contributed by atoms with Gasteiger partial charge in [0.1, 0.15) is 11.9 Å². The topological polar surface area (TPSA) is 115 Å². The molecule has 7 rings (SSSR count). The molecule has 10 nitrogen and oxygen atoms in total. The summed E-state index contributed by atoms with van der Waals surface area (Å²) in [5.74, 6) is 2.57. The van der Waals surface area contributed by atoms with Gasteiger partial charge in [-0.2, -0.15) is 10.1 Å². The van der Waals surface area contributed by atoms with E-state index in [1.807, 2.05) is 24.3 Å². The fourth-order valence-corrected chi connectivity index (χ4v) is 5.18. The van der Waals surface area contributed by atoms with Crippen LogP contribution in [-0.4, -0.2) is 64.7 Å². The van der Waals surface area contributed by atoms with Crippen LogP contribution in [0.25, 0.3) is 11.3 Å². The highest BCUT2D eigenvalue weighted by molar-refractivity contribution is 6.01. The lowest BCUT2D eigenvalue weighted by atomic mass is 10.1. The van der Waals surface area contributed by atoms with Crippen molar-refractivity contribution in [3.8, 4) is 11.3 Å². The lowest BCUT2D eigenvalue weighted by Crippen LogP contribution is -2.43. The molecule has 0 spiro atoms. The number of anilines is 4. The fourth-order valence-electron chi connectivity index (χ4n) is 5.18. The molecule has 2 aromatic heterocycles. The second kappa shape index (κ2) is 11.0. The van der Waals surface area contributed by atoms with Gasteiger partial charge in [-0.1, -0.05) is 47.6 Å². The molecule has 2 aromatic carbocycles. The monoisotopic (exact) mass is 535 g/mol. The Morgan fingerprint density at radius 3 is 2.52 bits per heavy atom. The Balaban J connectivity index is 1.09. The molecule has 1 atom stereocenters. The number of oxime groups is 1. The van der Waals surface area contributed by atoms with E-state index in [0.29, 0.717) is 24.2 Å². The number of aromatic nitrogens is 4. The second-order valence-corrected chi connectivity index (χ2v) is 10.6. The first kappa shape index (κ1) is 24.6. The smallest absolute Gasteiger partial charge is 0.225 e. The number of H-pyrrole nitrogens is 1. The first-order valence-corrected chi connectivity index (χ1v) is 14.1. The van der Waals surface area contributed by atoms with Crippen molar-refractivity contribution in [3.63, 3.8) is 0 Å². The molecule has 2 aliphatic heterocycles. The number of hydrogen-bond acceptors (Lipinski definition) is 9. The highest BCUT2D eigenvalue weighted by Crippen LogP contribution is 2.39. The molecule has 204 valence electrons. The average Bonchev–Trinajstić information content (AvgIpc) is 3.57. The number of nitrogens with zero attached hydrogens (tertiary/aromatic N) is 5. The molecule has 0 bridgehead atoms. The van der Waals surface area contributed by atoms with Gasteiger partial charge in [-0.05, 0) is 30.5 Å². The zero-order valence-corrected chi connectivity index (χ0v) is 22.3. The van der Waals surface area contributed by atoms with Gasteiger partial charge in [0.2, 0.25) is 5.95 Å². The minimum Gasteiger partial charge on any atom is -0.390 e. The van der Waals surface area contributed by atoms with Gasteiger partial charge >= 0.3 is 0 Å². The van der Waals surface area contributed by atoms with Crippen molar-refractivity contribution in [3.05, 3.63) is 78.0 Å². The van der Waals surface area contributed by atoms with E-state index >= 15 is 0 Å². The Labute approximate surface area is 233 Å². The Morgan fingerprint density at radius 1 is 0.900 bits per heavy atom. The molecule has 1 aliphatic carbocycles. The summed E-state index contributed by atoms with van der Waals surface area (Å²) in [5.41, 5.74) is 6.31. The zero-order chi connectivity index (χ0) is 26.7. The summed E-state index contributed by atoms with van der Waals surface area (Å²) in [6, 6.07) is 22.8. The minimum atomic E-state index is -0.0929. The van der Waals surface area contributed by atoms with E-state index in [-0.39, 0.29) is 6.10 Å². The van der Waals surface area contributed by atoms with Crippen LogP contribution in [0.4, 0.5) is 23.3 Å². The van der Waals surface area contributed by atoms with Crippen LogP contribution in [0.3, 0.4) is 0 Å². The van der Waals surface area contributed by atoms with Crippen molar-refractivity contribution in [2.75, 3.05) is 48.3 Å². The second-order valence-electron chi connectivity index (χ2n) is 10.6. The number of rotatable bonds is 9. The maximum atomic E-state index is 5.72. The van der Waals surface area contributed by atoms with Crippen LogP contribution in [0, 0.1) is 0 Å². The summed E-state index contributed by atoms with van der Waals surface area (Å²) in [6.45, 7) is 4.59. The first-order chi connectivity index (χ1) is 19.8. The van der Waals surface area contributed by atoms with Crippen LogP contribution in [0.2, 0.25) is 0 Å². The third kappa shape index (κ3) is 5.62. The number of benzene rings is 2. The van der Waals surface area contributed by atoms with Gasteiger partial charge < -0.3 is 25.7 Å². The molecule has 10 heteroatoms. The molecule has 1 unspecified atom stereocenters. The van der Waals surface area contributed by atoms with Gasteiger partial charge in [-0.25, -0.2) is 4.98 Å². The summed E-state index contributed by atoms with van der Waals surface area (Å²) in [5, 5.41) is 22.1. The van der Waals surface area contributed by atoms with E-state index in [1.165, 1.54) is 24.2 Å². The van der Waals surface area contributed by atoms with Crippen LogP contribution in [-0.2, 0) is 4.84 Å². The summed E-state index contributed by atoms with van der Waals surface area (Å²) < 4.78 is 0. The number of aromatic amines is 1. The number of hydrogen-bond donors (Lipinski definition) is 4. The lowest BCUT2D eigenvalue weighted by Gasteiger charge is -2.29. The highest BCUT2D eigenvalue weighted by Gasteiger charge is 2.26. The maximum Gasteiger partial charge on any atom is 0.225 e. The van der Waals surface area contributed by atoms with E-state index in [2.05, 4.69) is 78.7 Å². The van der Waals surface area contributed by atoms with Gasteiger partial charge in [-0.3, -0.25) is 5.10 Å². The Hall–Kier alpha value is -4.44. The Bertz CT molecular complexity index is 1470. The molecule has 3 aliphatic rings. The average molecular weight is 536 g/mol. The summed E-state index contributed by atoms with van der Waals surface area (Å²) in [6.07, 6.45) is 3.07.